The Morgan fingerprint density at radius 3 is 1.30 bits per heavy atom. The molecule has 0 bridgehead atoms. The Morgan fingerprint density at radius 1 is 0.550 bits per heavy atom. The summed E-state index contributed by atoms with van der Waals surface area (Å²) >= 11 is 0. The molecule has 0 saturated heterocycles. The van der Waals surface area contributed by atoms with Gasteiger partial charge in [0.15, 0.2) is 0 Å². The monoisotopic (exact) mass is 266 g/mol. The van der Waals surface area contributed by atoms with Gasteiger partial charge in [0.2, 0.25) is 0 Å². The number of hydrogen-bond donors (Lipinski definition) is 0. The van der Waals surface area contributed by atoms with E-state index in [1.54, 1.807) is 0 Å². The molecule has 0 aliphatic rings. The summed E-state index contributed by atoms with van der Waals surface area (Å²) in [5.74, 6) is 0. The van der Waals surface area contributed by atoms with Gasteiger partial charge in [0.25, 0.3) is 0 Å². The van der Waals surface area contributed by atoms with Crippen LogP contribution in [0, 0.1) is 6.92 Å². The van der Waals surface area contributed by atoms with Crippen molar-refractivity contribution in [2.24, 2.45) is 0 Å². The van der Waals surface area contributed by atoms with Crippen LogP contribution in [0.5, 0.6) is 0 Å². The van der Waals surface area contributed by atoms with Crippen molar-refractivity contribution in [3.8, 4) is 0 Å². The highest BCUT2D eigenvalue weighted by molar-refractivity contribution is 5.40. The van der Waals surface area contributed by atoms with Crippen LogP contribution in [-0.4, -0.2) is 0 Å². The molecule has 2 rings (SSSR count). The maximum absolute atomic E-state index is 2.30. The Hall–Kier alpha value is -1.56. The van der Waals surface area contributed by atoms with Crippen molar-refractivity contribution in [2.45, 2.75) is 52.4 Å². The summed E-state index contributed by atoms with van der Waals surface area (Å²) in [6.07, 6.45) is 0. The van der Waals surface area contributed by atoms with E-state index in [9.17, 15) is 0 Å². The molecule has 0 nitrogen and oxygen atoms in total. The van der Waals surface area contributed by atoms with E-state index in [-0.39, 0.29) is 10.8 Å². The van der Waals surface area contributed by atoms with Crippen molar-refractivity contribution < 1.29 is 0 Å². The zero-order chi connectivity index (χ0) is 15.0. The van der Waals surface area contributed by atoms with E-state index in [0.717, 1.165) is 0 Å². The van der Waals surface area contributed by atoms with Crippen molar-refractivity contribution in [1.82, 2.24) is 0 Å². The van der Waals surface area contributed by atoms with E-state index in [1.807, 2.05) is 0 Å². The van der Waals surface area contributed by atoms with Crippen molar-refractivity contribution >= 4 is 0 Å². The largest absolute Gasteiger partial charge is 0.0590 e. The molecule has 106 valence electrons. The van der Waals surface area contributed by atoms with Crippen LogP contribution in [0.2, 0.25) is 0 Å². The third-order valence-electron chi connectivity index (χ3n) is 4.25. The van der Waals surface area contributed by atoms with Gasteiger partial charge in [0.05, 0.1) is 0 Å². The van der Waals surface area contributed by atoms with E-state index in [2.05, 4.69) is 90.1 Å². The van der Waals surface area contributed by atoms with E-state index in [0.29, 0.717) is 0 Å². The SMILES string of the molecule is Cc1ccc(C(C)(C)c2ccc(C(C)(C)C)cc2)cc1. The van der Waals surface area contributed by atoms with Gasteiger partial charge >= 0.3 is 0 Å². The second-order valence-corrected chi connectivity index (χ2v) is 7.32. The first-order valence-electron chi connectivity index (χ1n) is 7.39. The normalized spacial score (nSPS) is 12.5. The lowest BCUT2D eigenvalue weighted by Gasteiger charge is -2.27. The molecule has 0 aliphatic heterocycles. The minimum absolute atomic E-state index is 0.0457. The molecule has 2 aromatic rings. The summed E-state index contributed by atoms with van der Waals surface area (Å²) in [4.78, 5) is 0. The quantitative estimate of drug-likeness (QED) is 0.662. The molecule has 0 amide bonds. The summed E-state index contributed by atoms with van der Waals surface area (Å²) in [6.45, 7) is 13.5. The zero-order valence-corrected chi connectivity index (χ0v) is 13.6. The maximum Gasteiger partial charge on any atom is 0.0146 e. The molecule has 0 unspecified atom stereocenters. The molecule has 0 heteroatoms. The van der Waals surface area contributed by atoms with E-state index in [4.69, 9.17) is 0 Å². The van der Waals surface area contributed by atoms with E-state index < -0.39 is 0 Å². The number of hydrogen-bond acceptors (Lipinski definition) is 0. The number of rotatable bonds is 2. The van der Waals surface area contributed by atoms with Gasteiger partial charge in [-0.15, -0.1) is 0 Å². The first kappa shape index (κ1) is 14.8. The average molecular weight is 266 g/mol. The molecule has 0 aliphatic carbocycles. The Bertz CT molecular complexity index is 563. The first-order chi connectivity index (χ1) is 9.21. The predicted molar refractivity (Wildman–Crippen MR) is 88.4 cm³/mol. The minimum Gasteiger partial charge on any atom is -0.0590 e. The van der Waals surface area contributed by atoms with Crippen LogP contribution < -0.4 is 0 Å². The lowest BCUT2D eigenvalue weighted by Crippen LogP contribution is -2.19. The Labute approximate surface area is 123 Å². The van der Waals surface area contributed by atoms with Crippen molar-refractivity contribution in [1.29, 1.82) is 0 Å². The van der Waals surface area contributed by atoms with Crippen molar-refractivity contribution in [2.75, 3.05) is 0 Å². The third kappa shape index (κ3) is 2.95. The third-order valence-corrected chi connectivity index (χ3v) is 4.25. The van der Waals surface area contributed by atoms with Gasteiger partial charge in [-0.25, -0.2) is 0 Å². The standard InChI is InChI=1S/C20H26/c1-15-7-9-17(10-8-15)20(5,6)18-13-11-16(12-14-18)19(2,3)4/h7-14H,1-6H3. The highest BCUT2D eigenvalue weighted by Gasteiger charge is 2.23. The fraction of sp³-hybridized carbons (Fsp3) is 0.400. The van der Waals surface area contributed by atoms with Crippen LogP contribution >= 0.6 is 0 Å². The lowest BCUT2D eigenvalue weighted by atomic mass is 9.76. The second kappa shape index (κ2) is 5.09. The molecular weight excluding hydrogens is 240 g/mol. The second-order valence-electron chi connectivity index (χ2n) is 7.32. The van der Waals surface area contributed by atoms with Crippen LogP contribution in [0.3, 0.4) is 0 Å². The van der Waals surface area contributed by atoms with Crippen LogP contribution in [-0.2, 0) is 10.8 Å². The lowest BCUT2D eigenvalue weighted by molar-refractivity contribution is 0.587. The molecule has 20 heavy (non-hydrogen) atoms. The summed E-state index contributed by atoms with van der Waals surface area (Å²) in [5, 5.41) is 0. The molecule has 0 fully saturated rings. The van der Waals surface area contributed by atoms with Gasteiger partial charge in [-0.05, 0) is 29.0 Å². The van der Waals surface area contributed by atoms with E-state index >= 15 is 0 Å². The Balaban J connectivity index is 2.37. The van der Waals surface area contributed by atoms with Crippen LogP contribution in [0.15, 0.2) is 48.5 Å². The smallest absolute Gasteiger partial charge is 0.0146 e. The van der Waals surface area contributed by atoms with Gasteiger partial charge in [0, 0.05) is 5.41 Å². The van der Waals surface area contributed by atoms with Crippen LogP contribution in [0.4, 0.5) is 0 Å². The highest BCUT2D eigenvalue weighted by Crippen LogP contribution is 2.33. The highest BCUT2D eigenvalue weighted by atomic mass is 14.3. The molecule has 0 N–H and O–H groups in total. The summed E-state index contributed by atoms with van der Waals surface area (Å²) in [7, 11) is 0. The fourth-order valence-corrected chi connectivity index (χ4v) is 2.52. The molecule has 0 spiro atoms. The van der Waals surface area contributed by atoms with Crippen molar-refractivity contribution in [3.05, 3.63) is 70.8 Å². The van der Waals surface area contributed by atoms with Crippen molar-refractivity contribution in [3.63, 3.8) is 0 Å². The van der Waals surface area contributed by atoms with Gasteiger partial charge < -0.3 is 0 Å². The van der Waals surface area contributed by atoms with Gasteiger partial charge in [-0.2, -0.15) is 0 Å². The van der Waals surface area contributed by atoms with Gasteiger partial charge in [0.1, 0.15) is 0 Å². The fourth-order valence-electron chi connectivity index (χ4n) is 2.52. The maximum atomic E-state index is 2.30. The van der Waals surface area contributed by atoms with Crippen LogP contribution in [0.1, 0.15) is 56.9 Å². The minimum atomic E-state index is 0.0457. The summed E-state index contributed by atoms with van der Waals surface area (Å²) in [6, 6.07) is 18.0. The van der Waals surface area contributed by atoms with Gasteiger partial charge in [-0.1, -0.05) is 88.7 Å². The Morgan fingerprint density at radius 2 is 0.900 bits per heavy atom. The molecule has 0 saturated carbocycles. The van der Waals surface area contributed by atoms with Crippen LogP contribution in [0.25, 0.3) is 0 Å². The Kier molecular flexibility index (Phi) is 3.77. The first-order valence-corrected chi connectivity index (χ1v) is 7.39. The predicted octanol–water partition coefficient (Wildman–Crippen LogP) is 5.62. The molecule has 0 heterocycles. The summed E-state index contributed by atoms with van der Waals surface area (Å²) in [5.41, 5.74) is 5.70. The molecule has 2 aromatic carbocycles. The molecule has 0 aromatic heterocycles. The van der Waals surface area contributed by atoms with E-state index in [1.165, 1.54) is 22.3 Å². The van der Waals surface area contributed by atoms with Gasteiger partial charge in [-0.3, -0.25) is 0 Å². The summed E-state index contributed by atoms with van der Waals surface area (Å²) < 4.78 is 0. The topological polar surface area (TPSA) is 0 Å². The zero-order valence-electron chi connectivity index (χ0n) is 13.6. The molecular formula is C20H26. The number of benzene rings is 2. The average Bonchev–Trinajstić information content (AvgIpc) is 2.38. The molecule has 0 radical (unpaired) electrons. The number of aryl methyl sites for hydroxylation is 1. The molecule has 0 atom stereocenters.